The Morgan fingerprint density at radius 2 is 2.12 bits per heavy atom. The summed E-state index contributed by atoms with van der Waals surface area (Å²) in [7, 11) is 0. The summed E-state index contributed by atoms with van der Waals surface area (Å²) >= 11 is 0. The molecule has 0 heterocycles. The number of carboxylic acids is 1. The highest BCUT2D eigenvalue weighted by molar-refractivity contribution is 5.83. The molecular weight excluding hydrogens is 210 g/mol. The van der Waals surface area contributed by atoms with E-state index in [-0.39, 0.29) is 25.0 Å². The van der Waals surface area contributed by atoms with Gasteiger partial charge in [-0.15, -0.1) is 6.58 Å². The zero-order chi connectivity index (χ0) is 12.6. The maximum Gasteiger partial charge on any atom is 0.328 e. The number of ether oxygens (including phenoxy) is 1. The van der Waals surface area contributed by atoms with Crippen molar-refractivity contribution in [3.05, 3.63) is 12.7 Å². The lowest BCUT2D eigenvalue weighted by Gasteiger charge is -2.15. The summed E-state index contributed by atoms with van der Waals surface area (Å²) in [5.74, 6) is -1.17. The van der Waals surface area contributed by atoms with Crippen LogP contribution in [0.3, 0.4) is 0 Å². The Labute approximate surface area is 95.5 Å². The fraction of sp³-hybridized carbons (Fsp3) is 0.636. The van der Waals surface area contributed by atoms with Crippen LogP contribution >= 0.6 is 0 Å². The van der Waals surface area contributed by atoms with Gasteiger partial charge < -0.3 is 15.2 Å². The summed E-state index contributed by atoms with van der Waals surface area (Å²) in [5.41, 5.74) is 0. The van der Waals surface area contributed by atoms with Crippen LogP contribution in [0.15, 0.2) is 12.7 Å². The lowest BCUT2D eigenvalue weighted by atomic mass is 10.1. The predicted molar refractivity (Wildman–Crippen MR) is 60.0 cm³/mol. The third-order valence-corrected chi connectivity index (χ3v) is 1.75. The predicted octanol–water partition coefficient (Wildman–Crippen LogP) is 0.804. The van der Waals surface area contributed by atoms with Crippen molar-refractivity contribution in [2.45, 2.75) is 26.3 Å². The van der Waals surface area contributed by atoms with Crippen molar-refractivity contribution in [3.8, 4) is 0 Å². The topological polar surface area (TPSA) is 75.6 Å². The van der Waals surface area contributed by atoms with Crippen molar-refractivity contribution < 1.29 is 19.4 Å². The van der Waals surface area contributed by atoms with Gasteiger partial charge in [-0.3, -0.25) is 4.79 Å². The summed E-state index contributed by atoms with van der Waals surface area (Å²) in [5, 5.41) is 11.2. The average Bonchev–Trinajstić information content (AvgIpc) is 2.15. The van der Waals surface area contributed by atoms with Crippen molar-refractivity contribution in [2.24, 2.45) is 5.92 Å². The van der Waals surface area contributed by atoms with Gasteiger partial charge in [0.2, 0.25) is 5.91 Å². The first-order chi connectivity index (χ1) is 7.47. The molecule has 1 atom stereocenters. The standard InChI is InChI=1S/C11H19NO4/c1-4-5-16-7-9(11(14)15)12-10(13)6-8(2)3/h4,8-9H,1,5-7H2,2-3H3,(H,12,13)(H,14,15). The van der Waals surface area contributed by atoms with Crippen molar-refractivity contribution in [2.75, 3.05) is 13.2 Å². The first kappa shape index (κ1) is 14.6. The summed E-state index contributed by atoms with van der Waals surface area (Å²) in [6.07, 6.45) is 1.83. The molecule has 0 aromatic rings. The normalized spacial score (nSPS) is 12.2. The SMILES string of the molecule is C=CCOCC(NC(=O)CC(C)C)C(=O)O. The zero-order valence-electron chi connectivity index (χ0n) is 9.73. The number of rotatable bonds is 8. The third kappa shape index (κ3) is 7.00. The molecule has 0 radical (unpaired) electrons. The third-order valence-electron chi connectivity index (χ3n) is 1.75. The number of hydrogen-bond acceptors (Lipinski definition) is 3. The van der Waals surface area contributed by atoms with Crippen molar-refractivity contribution in [3.63, 3.8) is 0 Å². The van der Waals surface area contributed by atoms with E-state index in [0.717, 1.165) is 0 Å². The molecule has 0 aromatic carbocycles. The molecule has 0 saturated carbocycles. The highest BCUT2D eigenvalue weighted by Gasteiger charge is 2.20. The monoisotopic (exact) mass is 229 g/mol. The lowest BCUT2D eigenvalue weighted by Crippen LogP contribution is -2.44. The maximum absolute atomic E-state index is 11.4. The second kappa shape index (κ2) is 7.87. The van der Waals surface area contributed by atoms with Crippen LogP contribution in [-0.2, 0) is 14.3 Å². The number of amides is 1. The molecule has 1 amide bonds. The molecule has 0 aromatic heterocycles. The smallest absolute Gasteiger partial charge is 0.328 e. The zero-order valence-corrected chi connectivity index (χ0v) is 9.73. The van der Waals surface area contributed by atoms with E-state index in [2.05, 4.69) is 11.9 Å². The average molecular weight is 229 g/mol. The molecular formula is C11H19NO4. The summed E-state index contributed by atoms with van der Waals surface area (Å²) in [6.45, 7) is 7.45. The summed E-state index contributed by atoms with van der Waals surface area (Å²) in [6, 6.07) is -0.994. The van der Waals surface area contributed by atoms with Crippen LogP contribution in [0.1, 0.15) is 20.3 Å². The molecule has 0 aliphatic heterocycles. The van der Waals surface area contributed by atoms with Crippen LogP contribution in [0.25, 0.3) is 0 Å². The van der Waals surface area contributed by atoms with Gasteiger partial charge in [0.05, 0.1) is 13.2 Å². The van der Waals surface area contributed by atoms with Crippen LogP contribution in [0.5, 0.6) is 0 Å². The van der Waals surface area contributed by atoms with Crippen molar-refractivity contribution in [1.29, 1.82) is 0 Å². The Kier molecular flexibility index (Phi) is 7.20. The minimum absolute atomic E-state index is 0.0504. The quantitative estimate of drug-likeness (QED) is 0.477. The molecule has 16 heavy (non-hydrogen) atoms. The Morgan fingerprint density at radius 3 is 2.56 bits per heavy atom. The first-order valence-corrected chi connectivity index (χ1v) is 5.18. The number of aliphatic carboxylic acids is 1. The number of carboxylic acid groups (broad SMARTS) is 1. The molecule has 0 rings (SSSR count). The minimum atomic E-state index is -1.10. The molecule has 0 aliphatic rings. The summed E-state index contributed by atoms with van der Waals surface area (Å²) < 4.78 is 5.00. The van der Waals surface area contributed by atoms with Gasteiger partial charge in [-0.25, -0.2) is 4.79 Å². The van der Waals surface area contributed by atoms with E-state index < -0.39 is 12.0 Å². The van der Waals surface area contributed by atoms with Crippen molar-refractivity contribution >= 4 is 11.9 Å². The van der Waals surface area contributed by atoms with Gasteiger partial charge >= 0.3 is 5.97 Å². The summed E-state index contributed by atoms with van der Waals surface area (Å²) in [4.78, 5) is 22.1. The van der Waals surface area contributed by atoms with E-state index in [0.29, 0.717) is 6.42 Å². The molecule has 0 saturated heterocycles. The molecule has 2 N–H and O–H groups in total. The van der Waals surface area contributed by atoms with E-state index in [1.807, 2.05) is 13.8 Å². The fourth-order valence-electron chi connectivity index (χ4n) is 1.07. The molecule has 0 fully saturated rings. The van der Waals surface area contributed by atoms with Gasteiger partial charge in [0.15, 0.2) is 6.04 Å². The Morgan fingerprint density at radius 1 is 1.50 bits per heavy atom. The second-order valence-corrected chi connectivity index (χ2v) is 3.88. The van der Waals surface area contributed by atoms with Gasteiger partial charge in [-0.1, -0.05) is 19.9 Å². The number of carbonyl (C=O) groups is 2. The molecule has 1 unspecified atom stereocenters. The Hall–Kier alpha value is -1.36. The largest absolute Gasteiger partial charge is 0.480 e. The Balaban J connectivity index is 4.07. The molecule has 0 bridgehead atoms. The van der Waals surface area contributed by atoms with Gasteiger partial charge in [-0.2, -0.15) is 0 Å². The molecule has 0 aliphatic carbocycles. The minimum Gasteiger partial charge on any atom is -0.480 e. The van der Waals surface area contributed by atoms with Gasteiger partial charge in [-0.05, 0) is 5.92 Å². The van der Waals surface area contributed by atoms with E-state index in [1.165, 1.54) is 6.08 Å². The van der Waals surface area contributed by atoms with Gasteiger partial charge in [0.25, 0.3) is 0 Å². The lowest BCUT2D eigenvalue weighted by molar-refractivity contribution is -0.143. The van der Waals surface area contributed by atoms with Crippen molar-refractivity contribution in [1.82, 2.24) is 5.32 Å². The van der Waals surface area contributed by atoms with Crippen LogP contribution in [0.2, 0.25) is 0 Å². The van der Waals surface area contributed by atoms with Crippen LogP contribution in [0.4, 0.5) is 0 Å². The van der Waals surface area contributed by atoms with E-state index in [4.69, 9.17) is 9.84 Å². The number of carbonyl (C=O) groups excluding carboxylic acids is 1. The second-order valence-electron chi connectivity index (χ2n) is 3.88. The van der Waals surface area contributed by atoms with E-state index >= 15 is 0 Å². The van der Waals surface area contributed by atoms with Gasteiger partial charge in [0.1, 0.15) is 0 Å². The number of nitrogens with one attached hydrogen (secondary N) is 1. The molecule has 5 heteroatoms. The molecule has 5 nitrogen and oxygen atoms in total. The van der Waals surface area contributed by atoms with E-state index in [1.54, 1.807) is 0 Å². The fourth-order valence-corrected chi connectivity index (χ4v) is 1.07. The highest BCUT2D eigenvalue weighted by Crippen LogP contribution is 1.99. The van der Waals surface area contributed by atoms with Crippen LogP contribution in [-0.4, -0.2) is 36.2 Å². The van der Waals surface area contributed by atoms with Gasteiger partial charge in [0, 0.05) is 6.42 Å². The Bertz CT molecular complexity index is 250. The molecule has 92 valence electrons. The first-order valence-electron chi connectivity index (χ1n) is 5.18. The van der Waals surface area contributed by atoms with Crippen LogP contribution in [0, 0.1) is 5.92 Å². The molecule has 0 spiro atoms. The van der Waals surface area contributed by atoms with E-state index in [9.17, 15) is 9.59 Å². The maximum atomic E-state index is 11.4. The number of hydrogen-bond donors (Lipinski definition) is 2. The highest BCUT2D eigenvalue weighted by atomic mass is 16.5. The van der Waals surface area contributed by atoms with Crippen LogP contribution < -0.4 is 5.32 Å².